The normalized spacial score (nSPS) is 11.6. The second-order valence-corrected chi connectivity index (χ2v) is 7.25. The fourth-order valence-electron chi connectivity index (χ4n) is 1.60. The highest BCUT2D eigenvalue weighted by molar-refractivity contribution is 14.1. The van der Waals surface area contributed by atoms with Crippen molar-refractivity contribution in [1.29, 1.82) is 0 Å². The first-order valence-corrected chi connectivity index (χ1v) is 8.52. The van der Waals surface area contributed by atoms with Crippen molar-refractivity contribution in [2.24, 2.45) is 0 Å². The first-order chi connectivity index (χ1) is 9.91. The molecule has 0 bridgehead atoms. The van der Waals surface area contributed by atoms with Crippen LogP contribution in [0.1, 0.15) is 5.56 Å². The molecule has 0 aliphatic heterocycles. The van der Waals surface area contributed by atoms with E-state index in [2.05, 4.69) is 22.6 Å². The van der Waals surface area contributed by atoms with Crippen molar-refractivity contribution in [2.45, 2.75) is 17.3 Å². The lowest BCUT2D eigenvalue weighted by atomic mass is 10.2. The van der Waals surface area contributed by atoms with Crippen LogP contribution in [-0.2, 0) is 16.4 Å². The van der Waals surface area contributed by atoms with Gasteiger partial charge in [-0.1, -0.05) is 24.3 Å². The molecule has 2 rings (SSSR count). The standard InChI is InChI=1S/C14H11F2IO3S/c15-14(16)21(18,19)11-7-5-10(6-8-11)9-20-13-4-2-1-3-12(13)17/h1-8,14H,9H2. The van der Waals surface area contributed by atoms with Gasteiger partial charge in [0.1, 0.15) is 12.4 Å². The second kappa shape index (κ2) is 6.69. The number of rotatable bonds is 5. The van der Waals surface area contributed by atoms with Gasteiger partial charge < -0.3 is 4.74 Å². The van der Waals surface area contributed by atoms with Crippen LogP contribution in [0.3, 0.4) is 0 Å². The van der Waals surface area contributed by atoms with Gasteiger partial charge in [0.25, 0.3) is 0 Å². The molecule has 0 aliphatic rings. The van der Waals surface area contributed by atoms with Crippen molar-refractivity contribution in [3.63, 3.8) is 0 Å². The van der Waals surface area contributed by atoms with Crippen LogP contribution >= 0.6 is 22.6 Å². The van der Waals surface area contributed by atoms with E-state index in [1.807, 2.05) is 24.3 Å². The molecule has 0 spiro atoms. The van der Waals surface area contributed by atoms with Gasteiger partial charge in [0.15, 0.2) is 0 Å². The largest absolute Gasteiger partial charge is 0.488 e. The Bertz CT molecular complexity index is 715. The summed E-state index contributed by atoms with van der Waals surface area (Å²) in [4.78, 5) is -0.393. The summed E-state index contributed by atoms with van der Waals surface area (Å²) in [6.45, 7) is 0.231. The van der Waals surface area contributed by atoms with E-state index < -0.39 is 20.5 Å². The van der Waals surface area contributed by atoms with Crippen molar-refractivity contribution >= 4 is 32.4 Å². The zero-order chi connectivity index (χ0) is 15.5. The molecule has 0 aromatic heterocycles. The molecule has 0 heterocycles. The predicted molar refractivity (Wildman–Crippen MR) is 83.1 cm³/mol. The van der Waals surface area contributed by atoms with Gasteiger partial charge in [-0.2, -0.15) is 8.78 Å². The lowest BCUT2D eigenvalue weighted by Gasteiger charge is -2.09. The van der Waals surface area contributed by atoms with Gasteiger partial charge in [0.05, 0.1) is 8.47 Å². The van der Waals surface area contributed by atoms with Crippen molar-refractivity contribution in [3.05, 3.63) is 57.7 Å². The molecule has 0 saturated heterocycles. The Morgan fingerprint density at radius 2 is 1.67 bits per heavy atom. The highest BCUT2D eigenvalue weighted by Gasteiger charge is 2.26. The van der Waals surface area contributed by atoms with Crippen LogP contribution in [0.2, 0.25) is 0 Å². The van der Waals surface area contributed by atoms with E-state index in [1.54, 1.807) is 0 Å². The van der Waals surface area contributed by atoms with Crippen molar-refractivity contribution in [1.82, 2.24) is 0 Å². The topological polar surface area (TPSA) is 43.4 Å². The van der Waals surface area contributed by atoms with Gasteiger partial charge in [0, 0.05) is 0 Å². The van der Waals surface area contributed by atoms with E-state index >= 15 is 0 Å². The first-order valence-electron chi connectivity index (χ1n) is 5.89. The zero-order valence-corrected chi connectivity index (χ0v) is 13.6. The molecule has 2 aromatic carbocycles. The summed E-state index contributed by atoms with van der Waals surface area (Å²) in [7, 11) is -4.54. The Labute approximate surface area is 135 Å². The van der Waals surface area contributed by atoms with Gasteiger partial charge in [-0.3, -0.25) is 0 Å². The summed E-state index contributed by atoms with van der Waals surface area (Å²) in [5.74, 6) is -2.70. The fraction of sp³-hybridized carbons (Fsp3) is 0.143. The Morgan fingerprint density at radius 1 is 1.05 bits per heavy atom. The molecule has 3 nitrogen and oxygen atoms in total. The van der Waals surface area contributed by atoms with E-state index in [1.165, 1.54) is 12.1 Å². The average Bonchev–Trinajstić information content (AvgIpc) is 2.46. The van der Waals surface area contributed by atoms with E-state index in [-0.39, 0.29) is 6.61 Å². The van der Waals surface area contributed by atoms with Crippen molar-refractivity contribution in [2.75, 3.05) is 0 Å². The maximum atomic E-state index is 12.4. The maximum absolute atomic E-state index is 12.4. The van der Waals surface area contributed by atoms with Crippen molar-refractivity contribution < 1.29 is 21.9 Å². The third-order valence-electron chi connectivity index (χ3n) is 2.72. The Kier molecular flexibility index (Phi) is 5.15. The molecule has 0 N–H and O–H groups in total. The number of ether oxygens (including phenoxy) is 1. The summed E-state index contributed by atoms with van der Waals surface area (Å²) in [5, 5.41) is 0. The van der Waals surface area contributed by atoms with Gasteiger partial charge >= 0.3 is 5.76 Å². The van der Waals surface area contributed by atoms with E-state index in [0.717, 1.165) is 15.7 Å². The van der Waals surface area contributed by atoms with E-state index in [9.17, 15) is 17.2 Å². The summed E-state index contributed by atoms with van der Waals surface area (Å²) in [6.07, 6.45) is 0. The number of para-hydroxylation sites is 1. The Balaban J connectivity index is 2.09. The molecular formula is C14H11F2IO3S. The van der Waals surface area contributed by atoms with Gasteiger partial charge in [-0.25, -0.2) is 8.42 Å². The van der Waals surface area contributed by atoms with E-state index in [4.69, 9.17) is 4.74 Å². The molecule has 7 heteroatoms. The third-order valence-corrected chi connectivity index (χ3v) is 5.01. The fourth-order valence-corrected chi connectivity index (χ4v) is 2.87. The lowest BCUT2D eigenvalue weighted by molar-refractivity contribution is 0.234. The predicted octanol–water partition coefficient (Wildman–Crippen LogP) is 3.87. The lowest BCUT2D eigenvalue weighted by Crippen LogP contribution is -2.11. The van der Waals surface area contributed by atoms with Crippen LogP contribution in [0.15, 0.2) is 53.4 Å². The summed E-state index contributed by atoms with van der Waals surface area (Å²) >= 11 is 2.14. The summed E-state index contributed by atoms with van der Waals surface area (Å²) in [6, 6.07) is 12.7. The molecule has 0 radical (unpaired) electrons. The molecule has 112 valence electrons. The van der Waals surface area contributed by atoms with Crippen LogP contribution in [0.4, 0.5) is 8.78 Å². The highest BCUT2D eigenvalue weighted by atomic mass is 127. The minimum Gasteiger partial charge on any atom is -0.488 e. The highest BCUT2D eigenvalue weighted by Crippen LogP contribution is 2.22. The molecule has 0 amide bonds. The summed E-state index contributed by atoms with van der Waals surface area (Å²) in [5.41, 5.74) is 0.697. The van der Waals surface area contributed by atoms with Gasteiger partial charge in [0.2, 0.25) is 9.84 Å². The van der Waals surface area contributed by atoms with Crippen LogP contribution < -0.4 is 4.74 Å². The van der Waals surface area contributed by atoms with Crippen LogP contribution in [0, 0.1) is 3.57 Å². The summed E-state index contributed by atoms with van der Waals surface area (Å²) < 4.78 is 53.9. The number of halogens is 3. The van der Waals surface area contributed by atoms with Gasteiger partial charge in [-0.05, 0) is 52.4 Å². The van der Waals surface area contributed by atoms with Crippen LogP contribution in [-0.4, -0.2) is 14.2 Å². The average molecular weight is 424 g/mol. The smallest absolute Gasteiger partial charge is 0.341 e. The third kappa shape index (κ3) is 3.91. The monoisotopic (exact) mass is 424 g/mol. The second-order valence-electron chi connectivity index (χ2n) is 4.17. The van der Waals surface area contributed by atoms with Crippen LogP contribution in [0.5, 0.6) is 5.75 Å². The minimum atomic E-state index is -4.54. The molecule has 0 fully saturated rings. The molecule has 0 saturated carbocycles. The zero-order valence-electron chi connectivity index (χ0n) is 10.7. The molecular weight excluding hydrogens is 413 g/mol. The van der Waals surface area contributed by atoms with Gasteiger partial charge in [-0.15, -0.1) is 0 Å². The number of sulfone groups is 1. The maximum Gasteiger partial charge on any atom is 0.341 e. The van der Waals surface area contributed by atoms with E-state index in [0.29, 0.717) is 11.3 Å². The molecule has 21 heavy (non-hydrogen) atoms. The number of benzene rings is 2. The molecule has 0 unspecified atom stereocenters. The molecule has 0 aliphatic carbocycles. The van der Waals surface area contributed by atoms with Crippen LogP contribution in [0.25, 0.3) is 0 Å². The number of hydrogen-bond donors (Lipinski definition) is 0. The number of hydrogen-bond acceptors (Lipinski definition) is 3. The molecule has 2 aromatic rings. The first kappa shape index (κ1) is 16.2. The number of alkyl halides is 2. The Morgan fingerprint density at radius 3 is 2.24 bits per heavy atom. The minimum absolute atomic E-state index is 0.231. The molecule has 0 atom stereocenters. The SMILES string of the molecule is O=S(=O)(c1ccc(COc2ccccc2I)cc1)C(F)F. The Hall–Kier alpha value is -1.22. The quantitative estimate of drug-likeness (QED) is 0.685. The van der Waals surface area contributed by atoms with Crippen molar-refractivity contribution in [3.8, 4) is 5.75 Å².